The molecule has 1 aromatic heterocycles. The molecule has 0 bridgehead atoms. The lowest BCUT2D eigenvalue weighted by molar-refractivity contribution is 0.0700. The van der Waals surface area contributed by atoms with Crippen molar-refractivity contribution in [1.82, 2.24) is 0 Å². The Kier molecular flexibility index (Phi) is 3.47. The number of thiophene rings is 1. The van der Waals surface area contributed by atoms with Gasteiger partial charge in [0.15, 0.2) is 0 Å². The highest BCUT2D eigenvalue weighted by molar-refractivity contribution is 8.15. The number of hydrogen-bond acceptors (Lipinski definition) is 4. The number of hydrogen-bond donors (Lipinski definition) is 1. The standard InChI is InChI=1S/C10H11ClO4S2/c11-17(14,15)8-5-7(6-3-1-2-4-6)9(16-8)10(12)13/h5-6H,1-4H2,(H,12,13). The van der Waals surface area contributed by atoms with Gasteiger partial charge in [-0.25, -0.2) is 13.2 Å². The van der Waals surface area contributed by atoms with E-state index in [1.165, 1.54) is 6.07 Å². The molecule has 0 unspecified atom stereocenters. The zero-order valence-electron chi connectivity index (χ0n) is 8.85. The zero-order valence-corrected chi connectivity index (χ0v) is 11.2. The molecule has 1 saturated carbocycles. The van der Waals surface area contributed by atoms with E-state index in [0.29, 0.717) is 5.56 Å². The van der Waals surface area contributed by atoms with Gasteiger partial charge >= 0.3 is 5.97 Å². The zero-order chi connectivity index (χ0) is 12.6. The van der Waals surface area contributed by atoms with Crippen LogP contribution >= 0.6 is 22.0 Å². The van der Waals surface area contributed by atoms with E-state index in [-0.39, 0.29) is 15.0 Å². The summed E-state index contributed by atoms with van der Waals surface area (Å²) in [5.41, 5.74) is 0.624. The molecule has 7 heteroatoms. The van der Waals surface area contributed by atoms with Crippen LogP contribution in [0, 0.1) is 0 Å². The Morgan fingerprint density at radius 3 is 2.47 bits per heavy atom. The molecule has 0 saturated heterocycles. The lowest BCUT2D eigenvalue weighted by Gasteiger charge is -2.07. The fraction of sp³-hybridized carbons (Fsp3) is 0.500. The maximum absolute atomic E-state index is 11.2. The molecule has 0 amide bonds. The minimum atomic E-state index is -3.84. The first-order chi connectivity index (χ1) is 7.89. The number of rotatable bonds is 3. The van der Waals surface area contributed by atoms with Crippen molar-refractivity contribution >= 4 is 37.0 Å². The van der Waals surface area contributed by atoms with E-state index >= 15 is 0 Å². The Morgan fingerprint density at radius 1 is 1.41 bits per heavy atom. The van der Waals surface area contributed by atoms with Gasteiger partial charge in [-0.3, -0.25) is 0 Å². The quantitative estimate of drug-likeness (QED) is 0.870. The van der Waals surface area contributed by atoms with E-state index in [4.69, 9.17) is 15.8 Å². The Balaban J connectivity index is 2.49. The second-order valence-electron chi connectivity index (χ2n) is 4.07. The maximum atomic E-state index is 11.2. The molecule has 1 N–H and O–H groups in total. The third-order valence-corrected chi connectivity index (χ3v) is 6.18. The highest BCUT2D eigenvalue weighted by atomic mass is 35.7. The van der Waals surface area contributed by atoms with E-state index < -0.39 is 15.0 Å². The van der Waals surface area contributed by atoms with Gasteiger partial charge in [-0.2, -0.15) is 0 Å². The molecule has 2 rings (SSSR count). The van der Waals surface area contributed by atoms with Gasteiger partial charge < -0.3 is 5.11 Å². The van der Waals surface area contributed by atoms with Gasteiger partial charge in [0.2, 0.25) is 0 Å². The van der Waals surface area contributed by atoms with E-state index in [2.05, 4.69) is 0 Å². The van der Waals surface area contributed by atoms with Gasteiger partial charge in [0, 0.05) is 10.7 Å². The minimum absolute atomic E-state index is 0.0709. The number of carbonyl (C=O) groups is 1. The molecule has 94 valence electrons. The fourth-order valence-corrected chi connectivity index (χ4v) is 4.36. The molecule has 1 heterocycles. The molecular formula is C10H11ClO4S2. The van der Waals surface area contributed by atoms with E-state index in [1.54, 1.807) is 0 Å². The molecule has 17 heavy (non-hydrogen) atoms. The molecule has 0 aromatic carbocycles. The molecule has 4 nitrogen and oxygen atoms in total. The highest BCUT2D eigenvalue weighted by Crippen LogP contribution is 2.40. The topological polar surface area (TPSA) is 71.4 Å². The maximum Gasteiger partial charge on any atom is 0.346 e. The van der Waals surface area contributed by atoms with Gasteiger partial charge in [-0.15, -0.1) is 11.3 Å². The molecule has 0 radical (unpaired) electrons. The average Bonchev–Trinajstić information content (AvgIpc) is 2.85. The average molecular weight is 295 g/mol. The Bertz CT molecular complexity index is 541. The van der Waals surface area contributed by atoms with Crippen LogP contribution in [0.1, 0.15) is 46.8 Å². The third-order valence-electron chi connectivity index (χ3n) is 2.97. The third kappa shape index (κ3) is 2.64. The van der Waals surface area contributed by atoms with Gasteiger partial charge in [-0.05, 0) is 30.4 Å². The predicted molar refractivity (Wildman–Crippen MR) is 65.5 cm³/mol. The monoisotopic (exact) mass is 294 g/mol. The summed E-state index contributed by atoms with van der Waals surface area (Å²) in [5.74, 6) is -0.923. The smallest absolute Gasteiger partial charge is 0.346 e. The van der Waals surface area contributed by atoms with Crippen molar-refractivity contribution < 1.29 is 18.3 Å². The van der Waals surface area contributed by atoms with Crippen molar-refractivity contribution in [2.45, 2.75) is 35.8 Å². The number of carboxylic acids is 1. The summed E-state index contributed by atoms with van der Waals surface area (Å²) in [5, 5.41) is 9.08. The second kappa shape index (κ2) is 4.59. The molecular weight excluding hydrogens is 284 g/mol. The van der Waals surface area contributed by atoms with Crippen molar-refractivity contribution in [1.29, 1.82) is 0 Å². The second-order valence-corrected chi connectivity index (χ2v) is 7.92. The summed E-state index contributed by atoms with van der Waals surface area (Å²) in [6.07, 6.45) is 3.95. The van der Waals surface area contributed by atoms with Crippen LogP contribution in [0.4, 0.5) is 0 Å². The molecule has 0 spiro atoms. The summed E-state index contributed by atoms with van der Waals surface area (Å²) in [4.78, 5) is 11.2. The van der Waals surface area contributed by atoms with Crippen LogP contribution in [-0.4, -0.2) is 19.5 Å². The highest BCUT2D eigenvalue weighted by Gasteiger charge is 2.28. The normalized spacial score (nSPS) is 17.5. The van der Waals surface area contributed by atoms with Crippen LogP contribution in [0.5, 0.6) is 0 Å². The minimum Gasteiger partial charge on any atom is -0.477 e. The summed E-state index contributed by atoms with van der Waals surface area (Å²) < 4.78 is 22.4. The summed E-state index contributed by atoms with van der Waals surface area (Å²) in [7, 11) is 1.40. The van der Waals surface area contributed by atoms with Crippen LogP contribution in [-0.2, 0) is 9.05 Å². The fourth-order valence-electron chi connectivity index (χ4n) is 2.21. The lowest BCUT2D eigenvalue weighted by atomic mass is 9.98. The first kappa shape index (κ1) is 12.9. The summed E-state index contributed by atoms with van der Waals surface area (Å²) in [6, 6.07) is 1.42. The van der Waals surface area contributed by atoms with Crippen LogP contribution < -0.4 is 0 Å². The van der Waals surface area contributed by atoms with E-state index in [1.807, 2.05) is 0 Å². The van der Waals surface area contributed by atoms with Crippen molar-refractivity contribution in [3.8, 4) is 0 Å². The molecule has 1 fully saturated rings. The van der Waals surface area contributed by atoms with Gasteiger partial charge in [0.1, 0.15) is 9.09 Å². The predicted octanol–water partition coefficient (Wildman–Crippen LogP) is 3.03. The Labute approximate surface area is 108 Å². The number of carboxylic acid groups (broad SMARTS) is 1. The first-order valence-corrected chi connectivity index (χ1v) is 8.34. The van der Waals surface area contributed by atoms with Crippen molar-refractivity contribution in [3.63, 3.8) is 0 Å². The first-order valence-electron chi connectivity index (χ1n) is 5.21. The lowest BCUT2D eigenvalue weighted by Crippen LogP contribution is -2.00. The van der Waals surface area contributed by atoms with Crippen LogP contribution in [0.25, 0.3) is 0 Å². The molecule has 0 aliphatic heterocycles. The Morgan fingerprint density at radius 2 is 2.00 bits per heavy atom. The van der Waals surface area contributed by atoms with Crippen LogP contribution in [0.2, 0.25) is 0 Å². The summed E-state index contributed by atoms with van der Waals surface area (Å²) in [6.45, 7) is 0. The SMILES string of the molecule is O=C(O)c1sc(S(=O)(=O)Cl)cc1C1CCCC1. The van der Waals surface area contributed by atoms with E-state index in [0.717, 1.165) is 37.0 Å². The van der Waals surface area contributed by atoms with Gasteiger partial charge in [-0.1, -0.05) is 12.8 Å². The van der Waals surface area contributed by atoms with Crippen LogP contribution in [0.3, 0.4) is 0 Å². The van der Waals surface area contributed by atoms with Crippen molar-refractivity contribution in [2.75, 3.05) is 0 Å². The van der Waals surface area contributed by atoms with Gasteiger partial charge in [0.05, 0.1) is 0 Å². The largest absolute Gasteiger partial charge is 0.477 e. The number of aromatic carboxylic acids is 1. The molecule has 0 atom stereocenters. The molecule has 1 aliphatic rings. The van der Waals surface area contributed by atoms with Crippen molar-refractivity contribution in [3.05, 3.63) is 16.5 Å². The van der Waals surface area contributed by atoms with Crippen LogP contribution in [0.15, 0.2) is 10.3 Å². The molecule has 1 aliphatic carbocycles. The van der Waals surface area contributed by atoms with E-state index in [9.17, 15) is 13.2 Å². The molecule has 1 aromatic rings. The van der Waals surface area contributed by atoms with Gasteiger partial charge in [0.25, 0.3) is 9.05 Å². The summed E-state index contributed by atoms with van der Waals surface area (Å²) >= 11 is 0.742. The number of halogens is 1. The van der Waals surface area contributed by atoms with Crippen molar-refractivity contribution in [2.24, 2.45) is 0 Å². The Hall–Kier alpha value is -0.590.